The Labute approximate surface area is 135 Å². The Bertz CT molecular complexity index is 814. The zero-order chi connectivity index (χ0) is 16.6. The molecule has 1 aliphatic rings. The summed E-state index contributed by atoms with van der Waals surface area (Å²) in [6.07, 6.45) is 2.00. The van der Waals surface area contributed by atoms with Gasteiger partial charge in [-0.05, 0) is 37.2 Å². The van der Waals surface area contributed by atoms with Crippen LogP contribution in [0.1, 0.15) is 35.1 Å². The minimum Gasteiger partial charge on any atom is -0.493 e. The van der Waals surface area contributed by atoms with Gasteiger partial charge in [-0.2, -0.15) is 5.10 Å². The van der Waals surface area contributed by atoms with E-state index in [1.165, 1.54) is 7.11 Å². The van der Waals surface area contributed by atoms with Crippen LogP contribution in [-0.2, 0) is 6.54 Å². The lowest BCUT2D eigenvalue weighted by Gasteiger charge is -2.11. The fourth-order valence-corrected chi connectivity index (χ4v) is 2.66. The normalized spacial score (nSPS) is 13.9. The number of methoxy groups -OCH3 is 1. The first kappa shape index (κ1) is 15.6. The van der Waals surface area contributed by atoms with Crippen molar-refractivity contribution in [2.75, 3.05) is 7.11 Å². The van der Waals surface area contributed by atoms with Crippen LogP contribution in [0.5, 0.6) is 5.75 Å². The molecule has 0 spiro atoms. The first-order valence-corrected chi connectivity index (χ1v) is 7.39. The van der Waals surface area contributed by atoms with E-state index >= 15 is 0 Å². The van der Waals surface area contributed by atoms with Gasteiger partial charge in [0.25, 0.3) is 5.91 Å². The summed E-state index contributed by atoms with van der Waals surface area (Å²) in [4.78, 5) is 12.2. The predicted octanol–water partition coefficient (Wildman–Crippen LogP) is 2.49. The highest BCUT2D eigenvalue weighted by Crippen LogP contribution is 2.35. The second kappa shape index (κ2) is 6.07. The Morgan fingerprint density at radius 3 is 2.83 bits per heavy atom. The van der Waals surface area contributed by atoms with Gasteiger partial charge in [-0.25, -0.2) is 8.78 Å². The van der Waals surface area contributed by atoms with Crippen LogP contribution in [-0.4, -0.2) is 27.8 Å². The molecule has 0 saturated heterocycles. The van der Waals surface area contributed by atoms with Gasteiger partial charge in [0.15, 0.2) is 22.2 Å². The number of amides is 1. The Hall–Kier alpha value is -2.29. The number of hydrogen-bond acceptors (Lipinski definition) is 4. The molecule has 0 radical (unpaired) electrons. The average molecular weight is 340 g/mol. The molecule has 2 N–H and O–H groups in total. The largest absolute Gasteiger partial charge is 0.493 e. The van der Waals surface area contributed by atoms with E-state index in [0.717, 1.165) is 25.0 Å². The molecule has 1 aromatic carbocycles. The zero-order valence-electron chi connectivity index (χ0n) is 12.2. The molecule has 23 heavy (non-hydrogen) atoms. The van der Waals surface area contributed by atoms with Crippen LogP contribution in [0.3, 0.4) is 0 Å². The second-order valence-electron chi connectivity index (χ2n) is 5.17. The molecule has 1 heterocycles. The molecule has 122 valence electrons. The number of ether oxygens (including phenoxy) is 1. The van der Waals surface area contributed by atoms with Crippen molar-refractivity contribution in [3.8, 4) is 5.75 Å². The summed E-state index contributed by atoms with van der Waals surface area (Å²) in [6, 6.07) is 2.07. The quantitative estimate of drug-likeness (QED) is 0.821. The molecule has 1 aliphatic carbocycles. The molecule has 0 atom stereocenters. The fraction of sp³-hybridized carbons (Fsp3) is 0.357. The molecule has 0 bridgehead atoms. The summed E-state index contributed by atoms with van der Waals surface area (Å²) >= 11 is 5.14. The summed E-state index contributed by atoms with van der Waals surface area (Å²) in [7, 11) is 1.17. The van der Waals surface area contributed by atoms with Crippen LogP contribution < -0.4 is 10.1 Å². The van der Waals surface area contributed by atoms with Crippen molar-refractivity contribution < 1.29 is 18.3 Å². The van der Waals surface area contributed by atoms with Gasteiger partial charge in [0.1, 0.15) is 11.4 Å². The van der Waals surface area contributed by atoms with Crippen LogP contribution in [0.4, 0.5) is 8.78 Å². The maximum Gasteiger partial charge on any atom is 0.258 e. The first-order valence-electron chi connectivity index (χ1n) is 6.99. The molecular weight excluding hydrogens is 326 g/mol. The predicted molar refractivity (Wildman–Crippen MR) is 79.8 cm³/mol. The summed E-state index contributed by atoms with van der Waals surface area (Å²) < 4.78 is 34.6. The number of carbonyl (C=O) groups is 1. The molecule has 6 nitrogen and oxygen atoms in total. The summed E-state index contributed by atoms with van der Waals surface area (Å²) in [5, 5.41) is 9.25. The van der Waals surface area contributed by atoms with Gasteiger partial charge in [-0.3, -0.25) is 14.5 Å². The monoisotopic (exact) mass is 340 g/mol. The van der Waals surface area contributed by atoms with Crippen molar-refractivity contribution in [2.45, 2.75) is 25.4 Å². The van der Waals surface area contributed by atoms with E-state index in [0.29, 0.717) is 10.6 Å². The van der Waals surface area contributed by atoms with Crippen LogP contribution in [0.25, 0.3) is 0 Å². The smallest absolute Gasteiger partial charge is 0.258 e. The number of aromatic amines is 1. The van der Waals surface area contributed by atoms with Crippen LogP contribution >= 0.6 is 12.2 Å². The van der Waals surface area contributed by atoms with Crippen molar-refractivity contribution in [2.24, 2.45) is 0 Å². The van der Waals surface area contributed by atoms with E-state index in [-0.39, 0.29) is 12.6 Å². The Kier molecular flexibility index (Phi) is 4.12. The van der Waals surface area contributed by atoms with Crippen molar-refractivity contribution in [3.63, 3.8) is 0 Å². The van der Waals surface area contributed by atoms with Gasteiger partial charge in [0, 0.05) is 6.04 Å². The van der Waals surface area contributed by atoms with Gasteiger partial charge < -0.3 is 10.1 Å². The summed E-state index contributed by atoms with van der Waals surface area (Å²) in [5.41, 5.74) is -0.473. The SMILES string of the molecule is COc1c(F)ccc(F)c1C(=O)NCc1n[nH]c(=S)n1C1CC1. The molecule has 0 unspecified atom stereocenters. The van der Waals surface area contributed by atoms with Crippen molar-refractivity contribution in [1.29, 1.82) is 0 Å². The molecule has 1 aromatic heterocycles. The van der Waals surface area contributed by atoms with E-state index < -0.39 is 28.9 Å². The fourth-order valence-electron chi connectivity index (χ4n) is 2.36. The van der Waals surface area contributed by atoms with Crippen LogP contribution in [0, 0.1) is 16.4 Å². The number of hydrogen-bond donors (Lipinski definition) is 2. The summed E-state index contributed by atoms with van der Waals surface area (Å²) in [6.45, 7) is 0.0432. The van der Waals surface area contributed by atoms with Crippen molar-refractivity contribution >= 4 is 18.1 Å². The number of nitrogens with one attached hydrogen (secondary N) is 2. The first-order chi connectivity index (χ1) is 11.0. The summed E-state index contributed by atoms with van der Waals surface area (Å²) in [5.74, 6) is -2.33. The molecule has 1 amide bonds. The second-order valence-corrected chi connectivity index (χ2v) is 5.55. The Morgan fingerprint density at radius 1 is 1.48 bits per heavy atom. The van der Waals surface area contributed by atoms with E-state index in [1.54, 1.807) is 0 Å². The Balaban J connectivity index is 1.81. The molecule has 1 fully saturated rings. The Morgan fingerprint density at radius 2 is 2.17 bits per heavy atom. The lowest BCUT2D eigenvalue weighted by molar-refractivity contribution is 0.0941. The number of nitrogens with zero attached hydrogens (tertiary/aromatic N) is 2. The van der Waals surface area contributed by atoms with Crippen molar-refractivity contribution in [1.82, 2.24) is 20.1 Å². The number of halogens is 2. The molecule has 3 rings (SSSR count). The van der Waals surface area contributed by atoms with E-state index in [2.05, 4.69) is 15.5 Å². The maximum absolute atomic E-state index is 13.9. The van der Waals surface area contributed by atoms with Crippen molar-refractivity contribution in [3.05, 3.63) is 39.9 Å². The maximum atomic E-state index is 13.9. The van der Waals surface area contributed by atoms with Crippen LogP contribution in [0.15, 0.2) is 12.1 Å². The van der Waals surface area contributed by atoms with E-state index in [1.807, 2.05) is 4.57 Å². The zero-order valence-corrected chi connectivity index (χ0v) is 13.0. The topological polar surface area (TPSA) is 71.9 Å². The molecular formula is C14H14F2N4O2S. The van der Waals surface area contributed by atoms with Gasteiger partial charge in [0.05, 0.1) is 13.7 Å². The number of aromatic nitrogens is 3. The molecule has 1 saturated carbocycles. The third kappa shape index (κ3) is 2.96. The number of rotatable bonds is 5. The van der Waals surface area contributed by atoms with Gasteiger partial charge in [-0.1, -0.05) is 0 Å². The third-order valence-corrected chi connectivity index (χ3v) is 3.87. The van der Waals surface area contributed by atoms with E-state index in [9.17, 15) is 13.6 Å². The molecule has 0 aliphatic heterocycles. The van der Waals surface area contributed by atoms with Gasteiger partial charge in [-0.15, -0.1) is 0 Å². The van der Waals surface area contributed by atoms with Gasteiger partial charge in [0.2, 0.25) is 0 Å². The number of carbonyl (C=O) groups excluding carboxylic acids is 1. The minimum absolute atomic E-state index is 0.0432. The number of benzene rings is 1. The van der Waals surface area contributed by atoms with Gasteiger partial charge >= 0.3 is 0 Å². The van der Waals surface area contributed by atoms with Crippen LogP contribution in [0.2, 0.25) is 0 Å². The highest BCUT2D eigenvalue weighted by molar-refractivity contribution is 7.71. The average Bonchev–Trinajstić information content (AvgIpc) is 3.30. The third-order valence-electron chi connectivity index (χ3n) is 3.59. The minimum atomic E-state index is -0.859. The molecule has 2 aromatic rings. The molecule has 9 heteroatoms. The van der Waals surface area contributed by atoms with E-state index in [4.69, 9.17) is 17.0 Å². The number of H-pyrrole nitrogens is 1. The highest BCUT2D eigenvalue weighted by Gasteiger charge is 2.28. The highest BCUT2D eigenvalue weighted by atomic mass is 32.1. The lowest BCUT2D eigenvalue weighted by Crippen LogP contribution is -2.26. The standard InChI is InChI=1S/C14H14F2N4O2S/c1-22-12-9(16)5-4-8(15)11(12)13(21)17-6-10-18-19-14(23)20(10)7-2-3-7/h4-5,7H,2-3,6H2,1H3,(H,17,21)(H,19,23). The lowest BCUT2D eigenvalue weighted by atomic mass is 10.1.